The van der Waals surface area contributed by atoms with Gasteiger partial charge in [0.15, 0.2) is 0 Å². The Morgan fingerprint density at radius 3 is 2.54 bits per heavy atom. The van der Waals surface area contributed by atoms with Crippen molar-refractivity contribution in [2.24, 2.45) is 5.92 Å². The molecule has 0 aromatic heterocycles. The number of rotatable bonds is 2. The van der Waals surface area contributed by atoms with Gasteiger partial charge in [-0.15, -0.1) is 0 Å². The van der Waals surface area contributed by atoms with E-state index in [2.05, 4.69) is 6.92 Å². The van der Waals surface area contributed by atoms with E-state index >= 15 is 0 Å². The first-order valence-electron chi connectivity index (χ1n) is 5.54. The minimum absolute atomic E-state index is 0.0394. The van der Waals surface area contributed by atoms with E-state index < -0.39 is 0 Å². The van der Waals surface area contributed by atoms with Crippen molar-refractivity contribution >= 4 is 11.8 Å². The van der Waals surface area contributed by atoms with Crippen molar-refractivity contribution in [2.45, 2.75) is 56.3 Å². The standard InChI is InChI=1S/C11H20OS/c1-11(7-4-8-13-11)10(12)9-5-2-3-6-9/h9-10,12H,2-8H2,1H3. The molecule has 1 N–H and O–H groups in total. The third-order valence-electron chi connectivity index (χ3n) is 3.72. The second-order valence-electron chi connectivity index (χ2n) is 4.75. The predicted octanol–water partition coefficient (Wildman–Crippen LogP) is 2.82. The molecular weight excluding hydrogens is 180 g/mol. The summed E-state index contributed by atoms with van der Waals surface area (Å²) in [7, 11) is 0. The summed E-state index contributed by atoms with van der Waals surface area (Å²) in [5.74, 6) is 1.86. The van der Waals surface area contributed by atoms with Crippen LogP contribution < -0.4 is 0 Å². The summed E-state index contributed by atoms with van der Waals surface area (Å²) in [5.41, 5.74) is 0. The van der Waals surface area contributed by atoms with Crippen LogP contribution >= 0.6 is 11.8 Å². The molecule has 2 fully saturated rings. The maximum Gasteiger partial charge on any atom is 0.0712 e. The molecule has 2 heteroatoms. The van der Waals surface area contributed by atoms with Gasteiger partial charge in [0.2, 0.25) is 0 Å². The van der Waals surface area contributed by atoms with E-state index in [1.165, 1.54) is 44.3 Å². The minimum atomic E-state index is -0.0394. The Balaban J connectivity index is 1.97. The fourth-order valence-electron chi connectivity index (χ4n) is 2.81. The van der Waals surface area contributed by atoms with Crippen molar-refractivity contribution < 1.29 is 5.11 Å². The van der Waals surface area contributed by atoms with Crippen molar-refractivity contribution in [3.05, 3.63) is 0 Å². The molecule has 2 unspecified atom stereocenters. The molecule has 1 nitrogen and oxygen atoms in total. The monoisotopic (exact) mass is 200 g/mol. The van der Waals surface area contributed by atoms with Crippen molar-refractivity contribution in [1.29, 1.82) is 0 Å². The molecule has 1 saturated heterocycles. The molecule has 0 aromatic carbocycles. The minimum Gasteiger partial charge on any atom is -0.391 e. The first-order valence-corrected chi connectivity index (χ1v) is 6.53. The molecule has 1 saturated carbocycles. The molecular formula is C11H20OS. The summed E-state index contributed by atoms with van der Waals surface area (Å²) >= 11 is 1.99. The Morgan fingerprint density at radius 1 is 1.31 bits per heavy atom. The van der Waals surface area contributed by atoms with Gasteiger partial charge in [-0.2, -0.15) is 11.8 Å². The van der Waals surface area contributed by atoms with E-state index in [0.29, 0.717) is 5.92 Å². The second kappa shape index (κ2) is 3.82. The quantitative estimate of drug-likeness (QED) is 0.739. The molecule has 1 aliphatic carbocycles. The zero-order valence-electron chi connectivity index (χ0n) is 8.46. The van der Waals surface area contributed by atoms with Gasteiger partial charge in [-0.1, -0.05) is 12.8 Å². The van der Waals surface area contributed by atoms with Crippen LogP contribution in [-0.4, -0.2) is 21.7 Å². The van der Waals surface area contributed by atoms with Gasteiger partial charge in [-0.25, -0.2) is 0 Å². The van der Waals surface area contributed by atoms with Crippen molar-refractivity contribution in [3.8, 4) is 0 Å². The summed E-state index contributed by atoms with van der Waals surface area (Å²) in [5, 5.41) is 10.3. The average Bonchev–Trinajstić information content (AvgIpc) is 2.73. The summed E-state index contributed by atoms with van der Waals surface area (Å²) in [6, 6.07) is 0. The first-order chi connectivity index (χ1) is 6.22. The Hall–Kier alpha value is 0.310. The molecule has 0 spiro atoms. The molecule has 0 amide bonds. The highest BCUT2D eigenvalue weighted by Crippen LogP contribution is 2.45. The largest absolute Gasteiger partial charge is 0.391 e. The summed E-state index contributed by atoms with van der Waals surface area (Å²) in [6.45, 7) is 2.26. The number of thioether (sulfide) groups is 1. The molecule has 0 radical (unpaired) electrons. The molecule has 0 bridgehead atoms. The zero-order valence-corrected chi connectivity index (χ0v) is 9.28. The third kappa shape index (κ3) is 1.89. The number of hydrogen-bond acceptors (Lipinski definition) is 2. The zero-order chi connectivity index (χ0) is 9.31. The molecule has 2 atom stereocenters. The van der Waals surface area contributed by atoms with Crippen LogP contribution in [0, 0.1) is 5.92 Å². The van der Waals surface area contributed by atoms with Crippen LogP contribution in [0.2, 0.25) is 0 Å². The fourth-order valence-corrected chi connectivity index (χ4v) is 4.21. The van der Waals surface area contributed by atoms with Gasteiger partial charge in [0.25, 0.3) is 0 Å². The van der Waals surface area contributed by atoms with Gasteiger partial charge in [-0.05, 0) is 44.3 Å². The Bertz CT molecular complexity index is 169. The Kier molecular flexibility index (Phi) is 2.89. The van der Waals surface area contributed by atoms with Crippen LogP contribution in [0.1, 0.15) is 45.4 Å². The fraction of sp³-hybridized carbons (Fsp3) is 1.00. The van der Waals surface area contributed by atoms with Gasteiger partial charge in [0.1, 0.15) is 0 Å². The molecule has 1 heterocycles. The van der Waals surface area contributed by atoms with Crippen LogP contribution in [0.25, 0.3) is 0 Å². The highest BCUT2D eigenvalue weighted by molar-refractivity contribution is 8.00. The summed E-state index contributed by atoms with van der Waals surface area (Å²) in [6.07, 6.45) is 7.67. The lowest BCUT2D eigenvalue weighted by atomic mass is 9.87. The Morgan fingerprint density at radius 2 is 2.00 bits per heavy atom. The van der Waals surface area contributed by atoms with Gasteiger partial charge in [-0.3, -0.25) is 0 Å². The summed E-state index contributed by atoms with van der Waals surface area (Å²) in [4.78, 5) is 0. The first kappa shape index (κ1) is 9.85. The topological polar surface area (TPSA) is 20.2 Å². The second-order valence-corrected chi connectivity index (χ2v) is 6.38. The van der Waals surface area contributed by atoms with Crippen LogP contribution in [0.4, 0.5) is 0 Å². The van der Waals surface area contributed by atoms with Crippen LogP contribution in [0.3, 0.4) is 0 Å². The lowest BCUT2D eigenvalue weighted by molar-refractivity contribution is 0.0752. The number of aliphatic hydroxyl groups is 1. The van der Waals surface area contributed by atoms with E-state index in [1.807, 2.05) is 11.8 Å². The van der Waals surface area contributed by atoms with Gasteiger partial charge < -0.3 is 5.11 Å². The predicted molar refractivity (Wildman–Crippen MR) is 58.1 cm³/mol. The molecule has 2 aliphatic rings. The van der Waals surface area contributed by atoms with Crippen molar-refractivity contribution in [3.63, 3.8) is 0 Å². The van der Waals surface area contributed by atoms with E-state index in [1.54, 1.807) is 0 Å². The lowest BCUT2D eigenvalue weighted by Crippen LogP contribution is -2.38. The molecule has 2 rings (SSSR count). The van der Waals surface area contributed by atoms with Crippen LogP contribution in [0.15, 0.2) is 0 Å². The van der Waals surface area contributed by atoms with Crippen molar-refractivity contribution in [1.82, 2.24) is 0 Å². The normalized spacial score (nSPS) is 38.3. The van der Waals surface area contributed by atoms with E-state index in [0.717, 1.165) is 0 Å². The van der Waals surface area contributed by atoms with E-state index in [9.17, 15) is 5.11 Å². The third-order valence-corrected chi connectivity index (χ3v) is 5.32. The van der Waals surface area contributed by atoms with Crippen LogP contribution in [-0.2, 0) is 0 Å². The molecule has 76 valence electrons. The smallest absolute Gasteiger partial charge is 0.0712 e. The maximum atomic E-state index is 10.3. The van der Waals surface area contributed by atoms with Gasteiger partial charge in [0, 0.05) is 4.75 Å². The number of hydrogen-bond donors (Lipinski definition) is 1. The average molecular weight is 200 g/mol. The number of aliphatic hydroxyl groups excluding tert-OH is 1. The highest BCUT2D eigenvalue weighted by atomic mass is 32.2. The lowest BCUT2D eigenvalue weighted by Gasteiger charge is -2.33. The molecule has 0 aromatic rings. The molecule has 1 aliphatic heterocycles. The van der Waals surface area contributed by atoms with E-state index in [-0.39, 0.29) is 10.9 Å². The van der Waals surface area contributed by atoms with Crippen LogP contribution in [0.5, 0.6) is 0 Å². The Labute approximate surface area is 85.3 Å². The maximum absolute atomic E-state index is 10.3. The van der Waals surface area contributed by atoms with Gasteiger partial charge >= 0.3 is 0 Å². The SMILES string of the molecule is CC1(C(O)C2CCCC2)CCCS1. The van der Waals surface area contributed by atoms with Gasteiger partial charge in [0.05, 0.1) is 6.10 Å². The summed E-state index contributed by atoms with van der Waals surface area (Å²) < 4.78 is 0.189. The van der Waals surface area contributed by atoms with E-state index in [4.69, 9.17) is 0 Å². The molecule has 13 heavy (non-hydrogen) atoms. The highest BCUT2D eigenvalue weighted by Gasteiger charge is 2.41. The van der Waals surface area contributed by atoms with Crippen molar-refractivity contribution in [2.75, 3.05) is 5.75 Å².